The molecule has 0 aliphatic heterocycles. The molecule has 0 atom stereocenters. The monoisotopic (exact) mass is 315 g/mol. The third kappa shape index (κ3) is 4.13. The van der Waals surface area contributed by atoms with E-state index in [0.717, 1.165) is 0 Å². The summed E-state index contributed by atoms with van der Waals surface area (Å²) < 4.78 is 28.4. The average molecular weight is 316 g/mol. The number of anilines is 1. The molecule has 0 amide bonds. The summed E-state index contributed by atoms with van der Waals surface area (Å²) in [7, 11) is 0. The third-order valence-corrected chi connectivity index (χ3v) is 3.00. The van der Waals surface area contributed by atoms with Crippen LogP contribution in [0.4, 0.5) is 14.5 Å². The zero-order valence-corrected chi connectivity index (χ0v) is 11.4. The van der Waals surface area contributed by atoms with Gasteiger partial charge in [0.25, 0.3) is 0 Å². The van der Waals surface area contributed by atoms with E-state index < -0.39 is 6.61 Å². The van der Waals surface area contributed by atoms with Gasteiger partial charge in [-0.25, -0.2) is 0 Å². The molecule has 0 saturated carbocycles. The highest BCUT2D eigenvalue weighted by Gasteiger charge is 2.09. The summed E-state index contributed by atoms with van der Waals surface area (Å²) >= 11 is 5.83. The number of halogens is 3. The smallest absolute Gasteiger partial charge is 0.387 e. The topological polar surface area (TPSA) is 61.7 Å². The number of hydrogen-bond donors (Lipinski definition) is 3. The van der Waals surface area contributed by atoms with Crippen LogP contribution in [0.15, 0.2) is 36.4 Å². The summed E-state index contributed by atoms with van der Waals surface area (Å²) in [5.41, 5.74) is 1.14. The molecule has 0 spiro atoms. The molecule has 21 heavy (non-hydrogen) atoms. The molecule has 2 aromatic rings. The van der Waals surface area contributed by atoms with Gasteiger partial charge in [0.15, 0.2) is 0 Å². The molecule has 0 fully saturated rings. The van der Waals surface area contributed by atoms with Crippen LogP contribution >= 0.6 is 11.6 Å². The van der Waals surface area contributed by atoms with Gasteiger partial charge in [0.05, 0.1) is 5.02 Å². The van der Waals surface area contributed by atoms with Crippen LogP contribution in [0.25, 0.3) is 0 Å². The third-order valence-electron chi connectivity index (χ3n) is 2.70. The second-order valence-corrected chi connectivity index (χ2v) is 4.60. The van der Waals surface area contributed by atoms with Crippen LogP contribution in [-0.4, -0.2) is 16.8 Å². The molecule has 0 aliphatic carbocycles. The largest absolute Gasteiger partial charge is 0.508 e. The van der Waals surface area contributed by atoms with Crippen molar-refractivity contribution in [2.24, 2.45) is 0 Å². The Kier molecular flexibility index (Phi) is 4.70. The normalized spacial score (nSPS) is 10.7. The van der Waals surface area contributed by atoms with Gasteiger partial charge in [-0.05, 0) is 30.3 Å². The highest BCUT2D eigenvalue weighted by Crippen LogP contribution is 2.30. The van der Waals surface area contributed by atoms with E-state index in [2.05, 4.69) is 10.1 Å². The van der Waals surface area contributed by atoms with Crippen LogP contribution in [-0.2, 0) is 6.54 Å². The van der Waals surface area contributed by atoms with Crippen molar-refractivity contribution in [3.63, 3.8) is 0 Å². The molecule has 2 aromatic carbocycles. The minimum Gasteiger partial charge on any atom is -0.508 e. The number of rotatable bonds is 5. The van der Waals surface area contributed by atoms with Crippen LogP contribution in [0.1, 0.15) is 5.56 Å². The summed E-state index contributed by atoms with van der Waals surface area (Å²) in [6, 6.07) is 8.53. The Morgan fingerprint density at radius 1 is 1.14 bits per heavy atom. The second-order valence-electron chi connectivity index (χ2n) is 4.19. The summed E-state index contributed by atoms with van der Waals surface area (Å²) in [5.74, 6) is -0.191. The van der Waals surface area contributed by atoms with E-state index in [1.54, 1.807) is 6.07 Å². The zero-order valence-electron chi connectivity index (χ0n) is 10.7. The quantitative estimate of drug-likeness (QED) is 0.781. The fourth-order valence-corrected chi connectivity index (χ4v) is 1.93. The van der Waals surface area contributed by atoms with E-state index in [1.807, 2.05) is 0 Å². The number of hydrogen-bond acceptors (Lipinski definition) is 4. The Morgan fingerprint density at radius 3 is 2.52 bits per heavy atom. The van der Waals surface area contributed by atoms with E-state index in [4.69, 9.17) is 11.6 Å². The van der Waals surface area contributed by atoms with Crippen LogP contribution < -0.4 is 10.1 Å². The number of benzene rings is 2. The van der Waals surface area contributed by atoms with E-state index in [0.29, 0.717) is 11.3 Å². The number of phenolic OH excluding ortho intramolecular Hbond substituents is 2. The van der Waals surface area contributed by atoms with E-state index in [1.165, 1.54) is 30.3 Å². The van der Waals surface area contributed by atoms with E-state index >= 15 is 0 Å². The van der Waals surface area contributed by atoms with Crippen molar-refractivity contribution in [2.75, 3.05) is 5.32 Å². The fraction of sp³-hybridized carbons (Fsp3) is 0.143. The Hall–Kier alpha value is -2.21. The van der Waals surface area contributed by atoms with E-state index in [-0.39, 0.29) is 28.8 Å². The molecule has 0 bridgehead atoms. The number of phenols is 2. The Balaban J connectivity index is 2.05. The first-order valence-corrected chi connectivity index (χ1v) is 6.32. The van der Waals surface area contributed by atoms with Gasteiger partial charge in [-0.1, -0.05) is 11.6 Å². The maximum atomic E-state index is 12.1. The Morgan fingerprint density at radius 2 is 1.90 bits per heavy atom. The molecule has 0 aromatic heterocycles. The summed E-state index contributed by atoms with van der Waals surface area (Å²) in [5, 5.41) is 21.9. The Bertz CT molecular complexity index is 638. The molecule has 0 radical (unpaired) electrons. The highest BCUT2D eigenvalue weighted by molar-refractivity contribution is 6.32. The van der Waals surface area contributed by atoms with Crippen molar-refractivity contribution in [1.82, 2.24) is 0 Å². The summed E-state index contributed by atoms with van der Waals surface area (Å²) in [6.45, 7) is -2.66. The van der Waals surface area contributed by atoms with Crippen molar-refractivity contribution in [3.05, 3.63) is 47.0 Å². The van der Waals surface area contributed by atoms with Crippen molar-refractivity contribution < 1.29 is 23.7 Å². The highest BCUT2D eigenvalue weighted by atomic mass is 35.5. The lowest BCUT2D eigenvalue weighted by atomic mass is 10.2. The Labute approximate surface area is 124 Å². The second kappa shape index (κ2) is 6.49. The lowest BCUT2D eigenvalue weighted by molar-refractivity contribution is -0.0497. The van der Waals surface area contributed by atoms with Gasteiger partial charge < -0.3 is 20.3 Å². The van der Waals surface area contributed by atoms with Crippen molar-refractivity contribution in [2.45, 2.75) is 13.2 Å². The van der Waals surface area contributed by atoms with Gasteiger partial charge in [-0.2, -0.15) is 8.78 Å². The molecule has 7 heteroatoms. The molecule has 112 valence electrons. The summed E-state index contributed by atoms with van der Waals surface area (Å²) in [6.07, 6.45) is 0. The number of ether oxygens (including phenoxy) is 1. The average Bonchev–Trinajstić information content (AvgIpc) is 2.40. The molecule has 2 rings (SSSR count). The van der Waals surface area contributed by atoms with Gasteiger partial charge in [0, 0.05) is 23.9 Å². The SMILES string of the molecule is Oc1ccc(CNc2ccc(OC(F)F)c(Cl)c2)c(O)c1. The molecule has 0 aliphatic rings. The number of aromatic hydroxyl groups is 2. The maximum Gasteiger partial charge on any atom is 0.387 e. The molecule has 0 unspecified atom stereocenters. The van der Waals surface area contributed by atoms with Crippen LogP contribution in [0.3, 0.4) is 0 Å². The van der Waals surface area contributed by atoms with E-state index in [9.17, 15) is 19.0 Å². The minimum absolute atomic E-state index is 0.0344. The number of nitrogens with one attached hydrogen (secondary N) is 1. The van der Waals surface area contributed by atoms with Crippen LogP contribution in [0.2, 0.25) is 5.02 Å². The number of alkyl halides is 2. The first-order chi connectivity index (χ1) is 9.95. The first kappa shape index (κ1) is 15.2. The van der Waals surface area contributed by atoms with Crippen molar-refractivity contribution in [1.29, 1.82) is 0 Å². The molecular weight excluding hydrogens is 304 g/mol. The maximum absolute atomic E-state index is 12.1. The van der Waals surface area contributed by atoms with Gasteiger partial charge in [-0.15, -0.1) is 0 Å². The lowest BCUT2D eigenvalue weighted by Crippen LogP contribution is -2.03. The predicted molar refractivity (Wildman–Crippen MR) is 75.2 cm³/mol. The summed E-state index contributed by atoms with van der Waals surface area (Å²) in [4.78, 5) is 0. The van der Waals surface area contributed by atoms with Gasteiger partial charge in [0.2, 0.25) is 0 Å². The fourth-order valence-electron chi connectivity index (χ4n) is 1.70. The molecular formula is C14H12ClF2NO3. The van der Waals surface area contributed by atoms with Gasteiger partial charge in [-0.3, -0.25) is 0 Å². The van der Waals surface area contributed by atoms with Crippen LogP contribution in [0, 0.1) is 0 Å². The lowest BCUT2D eigenvalue weighted by Gasteiger charge is -2.11. The van der Waals surface area contributed by atoms with Gasteiger partial charge >= 0.3 is 6.61 Å². The standard InChI is InChI=1S/C14H12ClF2NO3/c15-11-5-9(2-4-13(11)21-14(16)17)18-7-8-1-3-10(19)6-12(8)20/h1-6,14,18-20H,7H2. The molecule has 0 heterocycles. The molecule has 4 nitrogen and oxygen atoms in total. The first-order valence-electron chi connectivity index (χ1n) is 5.95. The van der Waals surface area contributed by atoms with Crippen molar-refractivity contribution >= 4 is 17.3 Å². The molecule has 0 saturated heterocycles. The van der Waals surface area contributed by atoms with Crippen LogP contribution in [0.5, 0.6) is 17.2 Å². The van der Waals surface area contributed by atoms with Crippen molar-refractivity contribution in [3.8, 4) is 17.2 Å². The minimum atomic E-state index is -2.93. The molecule has 3 N–H and O–H groups in total. The zero-order chi connectivity index (χ0) is 15.4. The predicted octanol–water partition coefficient (Wildman–Crippen LogP) is 3.96. The van der Waals surface area contributed by atoms with Gasteiger partial charge in [0.1, 0.15) is 17.2 Å².